The van der Waals surface area contributed by atoms with Gasteiger partial charge in [0.25, 0.3) is 0 Å². The smallest absolute Gasteiger partial charge is 0.326 e. The number of amides is 2. The Balaban J connectivity index is 1.89. The van der Waals surface area contributed by atoms with Crippen LogP contribution in [0.15, 0.2) is 30.3 Å². The van der Waals surface area contributed by atoms with Gasteiger partial charge in [-0.3, -0.25) is 9.59 Å². The Morgan fingerprint density at radius 1 is 1.29 bits per heavy atom. The molecule has 1 fully saturated rings. The Morgan fingerprint density at radius 2 is 1.95 bits per heavy atom. The lowest BCUT2D eigenvalue weighted by Gasteiger charge is -2.13. The van der Waals surface area contributed by atoms with Crippen LogP contribution in [-0.2, 0) is 14.4 Å². The first-order valence-corrected chi connectivity index (χ1v) is 6.85. The van der Waals surface area contributed by atoms with Crippen molar-refractivity contribution in [1.29, 1.82) is 0 Å². The Morgan fingerprint density at radius 3 is 2.52 bits per heavy atom. The Hall–Kier alpha value is -2.37. The molecule has 0 aliphatic heterocycles. The van der Waals surface area contributed by atoms with Crippen molar-refractivity contribution in [3.05, 3.63) is 35.9 Å². The van der Waals surface area contributed by atoms with Crippen molar-refractivity contribution < 1.29 is 19.5 Å². The minimum absolute atomic E-state index is 0.0130. The van der Waals surface area contributed by atoms with Crippen LogP contribution < -0.4 is 11.1 Å². The number of nitrogens with one attached hydrogen (secondary N) is 1. The van der Waals surface area contributed by atoms with Gasteiger partial charge in [0.15, 0.2) is 0 Å². The molecule has 2 rings (SSSR count). The SMILES string of the molecule is NC(=O)CC[C@@H](NC(=O)C1CC1c1ccccc1)C(=O)O. The monoisotopic (exact) mass is 290 g/mol. The van der Waals surface area contributed by atoms with Gasteiger partial charge in [0, 0.05) is 12.3 Å². The van der Waals surface area contributed by atoms with Crippen molar-refractivity contribution in [2.45, 2.75) is 31.2 Å². The van der Waals surface area contributed by atoms with Crippen LogP contribution >= 0.6 is 0 Å². The molecule has 1 aliphatic carbocycles. The first kappa shape index (κ1) is 15.0. The van der Waals surface area contributed by atoms with Gasteiger partial charge in [-0.25, -0.2) is 4.79 Å². The van der Waals surface area contributed by atoms with E-state index in [0.29, 0.717) is 0 Å². The van der Waals surface area contributed by atoms with Crippen molar-refractivity contribution in [2.75, 3.05) is 0 Å². The van der Waals surface area contributed by atoms with Gasteiger partial charge < -0.3 is 16.2 Å². The summed E-state index contributed by atoms with van der Waals surface area (Å²) >= 11 is 0. The molecule has 0 heterocycles. The van der Waals surface area contributed by atoms with Crippen molar-refractivity contribution in [1.82, 2.24) is 5.32 Å². The molecule has 6 heteroatoms. The highest BCUT2D eigenvalue weighted by atomic mass is 16.4. The van der Waals surface area contributed by atoms with Crippen molar-refractivity contribution in [2.24, 2.45) is 11.7 Å². The highest BCUT2D eigenvalue weighted by Crippen LogP contribution is 2.47. The minimum Gasteiger partial charge on any atom is -0.480 e. The molecule has 112 valence electrons. The zero-order valence-corrected chi connectivity index (χ0v) is 11.5. The van der Waals surface area contributed by atoms with Gasteiger partial charge in [-0.1, -0.05) is 30.3 Å². The summed E-state index contributed by atoms with van der Waals surface area (Å²) in [6.45, 7) is 0. The summed E-state index contributed by atoms with van der Waals surface area (Å²) in [7, 11) is 0. The van der Waals surface area contributed by atoms with Crippen LogP contribution in [-0.4, -0.2) is 28.9 Å². The van der Waals surface area contributed by atoms with Crippen molar-refractivity contribution in [3.8, 4) is 0 Å². The van der Waals surface area contributed by atoms with E-state index in [1.807, 2.05) is 30.3 Å². The maximum atomic E-state index is 12.1. The standard InChI is InChI=1S/C15H18N2O4/c16-13(18)7-6-12(15(20)21)17-14(19)11-8-10(11)9-4-2-1-3-5-9/h1-5,10-12H,6-8H2,(H2,16,18)(H,17,19)(H,20,21)/t10?,11?,12-/m1/s1. The number of carboxylic acids is 1. The molecule has 1 aliphatic rings. The summed E-state index contributed by atoms with van der Waals surface area (Å²) in [6, 6.07) is 8.58. The molecule has 1 saturated carbocycles. The highest BCUT2D eigenvalue weighted by molar-refractivity contribution is 5.88. The topological polar surface area (TPSA) is 109 Å². The molecular formula is C15H18N2O4. The largest absolute Gasteiger partial charge is 0.480 e. The summed E-state index contributed by atoms with van der Waals surface area (Å²) in [4.78, 5) is 33.8. The molecule has 0 saturated heterocycles. The molecule has 3 atom stereocenters. The fourth-order valence-electron chi connectivity index (χ4n) is 2.38. The maximum Gasteiger partial charge on any atom is 0.326 e. The number of primary amides is 1. The number of benzene rings is 1. The molecule has 0 spiro atoms. The summed E-state index contributed by atoms with van der Waals surface area (Å²) in [6.07, 6.45) is 0.668. The zero-order valence-electron chi connectivity index (χ0n) is 11.5. The van der Waals surface area contributed by atoms with Crippen molar-refractivity contribution >= 4 is 17.8 Å². The van der Waals surface area contributed by atoms with Crippen LogP contribution in [0, 0.1) is 5.92 Å². The van der Waals surface area contributed by atoms with E-state index in [1.165, 1.54) is 0 Å². The van der Waals surface area contributed by atoms with Crippen LogP contribution in [0.4, 0.5) is 0 Å². The zero-order chi connectivity index (χ0) is 15.4. The maximum absolute atomic E-state index is 12.1. The molecule has 2 unspecified atom stereocenters. The van der Waals surface area contributed by atoms with E-state index in [2.05, 4.69) is 5.32 Å². The van der Waals surface area contributed by atoms with E-state index >= 15 is 0 Å². The molecule has 0 aromatic heterocycles. The predicted octanol–water partition coefficient (Wildman–Crippen LogP) is 0.625. The van der Waals surface area contributed by atoms with Crippen LogP contribution in [0.25, 0.3) is 0 Å². The lowest BCUT2D eigenvalue weighted by atomic mass is 10.1. The first-order valence-electron chi connectivity index (χ1n) is 6.85. The lowest BCUT2D eigenvalue weighted by molar-refractivity contribution is -0.142. The van der Waals surface area contributed by atoms with Gasteiger partial charge in [0.05, 0.1) is 0 Å². The molecule has 0 bridgehead atoms. The van der Waals surface area contributed by atoms with Gasteiger partial charge in [-0.05, 0) is 24.3 Å². The van der Waals surface area contributed by atoms with E-state index in [-0.39, 0.29) is 30.6 Å². The summed E-state index contributed by atoms with van der Waals surface area (Å²) < 4.78 is 0. The van der Waals surface area contributed by atoms with E-state index in [0.717, 1.165) is 12.0 Å². The number of carbonyl (C=O) groups is 3. The average molecular weight is 290 g/mol. The van der Waals surface area contributed by atoms with Crippen LogP contribution in [0.1, 0.15) is 30.7 Å². The molecule has 4 N–H and O–H groups in total. The fraction of sp³-hybridized carbons (Fsp3) is 0.400. The Kier molecular flexibility index (Phi) is 4.57. The van der Waals surface area contributed by atoms with Gasteiger partial charge in [0.2, 0.25) is 11.8 Å². The van der Waals surface area contributed by atoms with Gasteiger partial charge in [0.1, 0.15) is 6.04 Å². The fourth-order valence-corrected chi connectivity index (χ4v) is 2.38. The molecule has 6 nitrogen and oxygen atoms in total. The third-order valence-electron chi connectivity index (χ3n) is 3.65. The molecule has 2 amide bonds. The second kappa shape index (κ2) is 6.39. The van der Waals surface area contributed by atoms with Gasteiger partial charge >= 0.3 is 5.97 Å². The predicted molar refractivity (Wildman–Crippen MR) is 75.3 cm³/mol. The summed E-state index contributed by atoms with van der Waals surface area (Å²) in [5.74, 6) is -2.05. The second-order valence-corrected chi connectivity index (χ2v) is 5.26. The average Bonchev–Trinajstić information content (AvgIpc) is 3.24. The normalized spacial score (nSPS) is 21.3. The number of hydrogen-bond acceptors (Lipinski definition) is 3. The van der Waals surface area contributed by atoms with Gasteiger partial charge in [-0.15, -0.1) is 0 Å². The van der Waals surface area contributed by atoms with E-state index in [9.17, 15) is 14.4 Å². The summed E-state index contributed by atoms with van der Waals surface area (Å²) in [5, 5.41) is 11.5. The van der Waals surface area contributed by atoms with Crippen molar-refractivity contribution in [3.63, 3.8) is 0 Å². The van der Waals surface area contributed by atoms with Crippen LogP contribution in [0.3, 0.4) is 0 Å². The number of nitrogens with two attached hydrogens (primary N) is 1. The van der Waals surface area contributed by atoms with Gasteiger partial charge in [-0.2, -0.15) is 0 Å². The van der Waals surface area contributed by atoms with E-state index in [4.69, 9.17) is 10.8 Å². The first-order chi connectivity index (χ1) is 9.99. The van der Waals surface area contributed by atoms with E-state index < -0.39 is 17.9 Å². The minimum atomic E-state index is -1.15. The number of carboxylic acid groups (broad SMARTS) is 1. The van der Waals surface area contributed by atoms with E-state index in [1.54, 1.807) is 0 Å². The molecule has 21 heavy (non-hydrogen) atoms. The van der Waals surface area contributed by atoms with Crippen LogP contribution in [0.2, 0.25) is 0 Å². The molecular weight excluding hydrogens is 272 g/mol. The quantitative estimate of drug-likeness (QED) is 0.684. The molecule has 1 aromatic rings. The number of hydrogen-bond donors (Lipinski definition) is 3. The third kappa shape index (κ3) is 4.05. The lowest BCUT2D eigenvalue weighted by Crippen LogP contribution is -2.42. The number of aliphatic carboxylic acids is 1. The third-order valence-corrected chi connectivity index (χ3v) is 3.65. The Bertz CT molecular complexity index is 544. The molecule has 0 radical (unpaired) electrons. The Labute approximate surface area is 122 Å². The number of carbonyl (C=O) groups excluding carboxylic acids is 2. The van der Waals surface area contributed by atoms with Crippen LogP contribution in [0.5, 0.6) is 0 Å². The second-order valence-electron chi connectivity index (χ2n) is 5.26. The highest BCUT2D eigenvalue weighted by Gasteiger charge is 2.44. The number of rotatable bonds is 7. The summed E-state index contributed by atoms with van der Waals surface area (Å²) in [5.41, 5.74) is 6.08. The molecule has 1 aromatic carbocycles.